The van der Waals surface area contributed by atoms with E-state index in [4.69, 9.17) is 0 Å². The van der Waals surface area contributed by atoms with Crippen LogP contribution in [0.4, 0.5) is 0 Å². The quantitative estimate of drug-likeness (QED) is 0.651. The van der Waals surface area contributed by atoms with Gasteiger partial charge in [0.1, 0.15) is 0 Å². The molecule has 1 aromatic heterocycles. The van der Waals surface area contributed by atoms with Gasteiger partial charge in [0, 0.05) is 17.5 Å². The maximum absolute atomic E-state index is 4.29. The van der Waals surface area contributed by atoms with E-state index >= 15 is 0 Å². The SMILES string of the molecule is Cc1ncccc1C1=CC=CCC=C1. The van der Waals surface area contributed by atoms with Gasteiger partial charge >= 0.3 is 0 Å². The zero-order valence-electron chi connectivity index (χ0n) is 8.27. The maximum Gasteiger partial charge on any atom is 0.0450 e. The van der Waals surface area contributed by atoms with Crippen LogP contribution in [-0.4, -0.2) is 4.98 Å². The zero-order chi connectivity index (χ0) is 9.80. The van der Waals surface area contributed by atoms with Crippen molar-refractivity contribution in [2.75, 3.05) is 0 Å². The van der Waals surface area contributed by atoms with E-state index in [9.17, 15) is 0 Å². The average Bonchev–Trinajstić information content (AvgIpc) is 2.47. The molecule has 1 heteroatoms. The monoisotopic (exact) mass is 183 g/mol. The first-order valence-corrected chi connectivity index (χ1v) is 4.83. The summed E-state index contributed by atoms with van der Waals surface area (Å²) in [5.41, 5.74) is 3.54. The lowest BCUT2D eigenvalue weighted by atomic mass is 10.0. The molecular formula is C13H13N. The molecule has 0 spiro atoms. The van der Waals surface area contributed by atoms with Crippen molar-refractivity contribution >= 4 is 5.57 Å². The van der Waals surface area contributed by atoms with E-state index in [0.717, 1.165) is 12.1 Å². The van der Waals surface area contributed by atoms with Crippen LogP contribution >= 0.6 is 0 Å². The van der Waals surface area contributed by atoms with Gasteiger partial charge in [0.2, 0.25) is 0 Å². The Morgan fingerprint density at radius 1 is 1.29 bits per heavy atom. The van der Waals surface area contributed by atoms with Crippen LogP contribution in [0.25, 0.3) is 5.57 Å². The second-order valence-electron chi connectivity index (χ2n) is 3.32. The third-order valence-electron chi connectivity index (χ3n) is 2.30. The van der Waals surface area contributed by atoms with Crippen molar-refractivity contribution in [3.05, 3.63) is 60.0 Å². The van der Waals surface area contributed by atoms with Gasteiger partial charge in [0.15, 0.2) is 0 Å². The molecule has 0 bridgehead atoms. The lowest BCUT2D eigenvalue weighted by Gasteiger charge is -2.04. The number of hydrogen-bond donors (Lipinski definition) is 0. The van der Waals surface area contributed by atoms with E-state index in [0.29, 0.717) is 0 Å². The van der Waals surface area contributed by atoms with E-state index in [-0.39, 0.29) is 0 Å². The summed E-state index contributed by atoms with van der Waals surface area (Å²) in [4.78, 5) is 4.29. The lowest BCUT2D eigenvalue weighted by Crippen LogP contribution is -1.88. The van der Waals surface area contributed by atoms with Crippen molar-refractivity contribution in [1.82, 2.24) is 4.98 Å². The van der Waals surface area contributed by atoms with Gasteiger partial charge in [0.25, 0.3) is 0 Å². The molecule has 1 aliphatic carbocycles. The Morgan fingerprint density at radius 3 is 3.07 bits per heavy atom. The standard InChI is InChI=1S/C13H13N/c1-11-13(9-6-10-14-11)12-7-4-2-3-5-8-12/h2,4-10H,3H2,1H3. The molecule has 1 heterocycles. The number of rotatable bonds is 1. The average molecular weight is 183 g/mol. The van der Waals surface area contributed by atoms with Crippen molar-refractivity contribution in [1.29, 1.82) is 0 Å². The molecule has 14 heavy (non-hydrogen) atoms. The predicted octanol–water partition coefficient (Wildman–Crippen LogP) is 3.29. The molecule has 0 fully saturated rings. The molecule has 1 aliphatic rings. The summed E-state index contributed by atoms with van der Waals surface area (Å²) in [6, 6.07) is 4.09. The van der Waals surface area contributed by atoms with Crippen LogP contribution < -0.4 is 0 Å². The summed E-state index contributed by atoms with van der Waals surface area (Å²) >= 11 is 0. The van der Waals surface area contributed by atoms with E-state index < -0.39 is 0 Å². The molecule has 0 saturated heterocycles. The highest BCUT2D eigenvalue weighted by Crippen LogP contribution is 2.20. The van der Waals surface area contributed by atoms with Crippen LogP contribution in [0, 0.1) is 6.92 Å². The van der Waals surface area contributed by atoms with E-state index in [1.165, 1.54) is 11.1 Å². The third kappa shape index (κ3) is 1.82. The topological polar surface area (TPSA) is 12.9 Å². The van der Waals surface area contributed by atoms with E-state index in [2.05, 4.69) is 41.4 Å². The Kier molecular flexibility index (Phi) is 2.59. The molecule has 0 saturated carbocycles. The fourth-order valence-corrected chi connectivity index (χ4v) is 1.55. The number of nitrogens with zero attached hydrogens (tertiary/aromatic N) is 1. The molecule has 0 aromatic carbocycles. The summed E-state index contributed by atoms with van der Waals surface area (Å²) in [7, 11) is 0. The van der Waals surface area contributed by atoms with Gasteiger partial charge in [-0.25, -0.2) is 0 Å². The molecule has 70 valence electrons. The van der Waals surface area contributed by atoms with Gasteiger partial charge in [-0.15, -0.1) is 0 Å². The van der Waals surface area contributed by atoms with Crippen molar-refractivity contribution in [2.24, 2.45) is 0 Å². The fourth-order valence-electron chi connectivity index (χ4n) is 1.55. The molecule has 0 amide bonds. The Morgan fingerprint density at radius 2 is 2.21 bits per heavy atom. The Bertz CT molecular complexity index is 411. The summed E-state index contributed by atoms with van der Waals surface area (Å²) in [6.45, 7) is 2.04. The van der Waals surface area contributed by atoms with Crippen LogP contribution in [-0.2, 0) is 0 Å². The second-order valence-corrected chi connectivity index (χ2v) is 3.32. The molecule has 0 radical (unpaired) electrons. The minimum Gasteiger partial charge on any atom is -0.261 e. The smallest absolute Gasteiger partial charge is 0.0450 e. The Hall–Kier alpha value is -1.63. The van der Waals surface area contributed by atoms with E-state index in [1.54, 1.807) is 0 Å². The van der Waals surface area contributed by atoms with Crippen molar-refractivity contribution in [3.63, 3.8) is 0 Å². The Labute approximate surface area is 84.5 Å². The van der Waals surface area contributed by atoms with E-state index in [1.807, 2.05) is 19.2 Å². The molecule has 0 N–H and O–H groups in total. The van der Waals surface area contributed by atoms with Crippen molar-refractivity contribution in [3.8, 4) is 0 Å². The van der Waals surface area contributed by atoms with Gasteiger partial charge in [-0.05, 0) is 25.0 Å². The summed E-state index contributed by atoms with van der Waals surface area (Å²) in [5.74, 6) is 0. The minimum atomic E-state index is 1.01. The molecular weight excluding hydrogens is 170 g/mol. The summed E-state index contributed by atoms with van der Waals surface area (Å²) in [6.07, 6.45) is 13.5. The normalized spacial score (nSPS) is 15.1. The fraction of sp³-hybridized carbons (Fsp3) is 0.154. The van der Waals surface area contributed by atoms with Gasteiger partial charge in [-0.1, -0.05) is 36.4 Å². The first kappa shape index (κ1) is 8.95. The zero-order valence-corrected chi connectivity index (χ0v) is 8.27. The molecule has 2 rings (SSSR count). The molecule has 0 atom stereocenters. The number of pyridine rings is 1. The van der Waals surface area contributed by atoms with Crippen molar-refractivity contribution < 1.29 is 0 Å². The van der Waals surface area contributed by atoms with Crippen molar-refractivity contribution in [2.45, 2.75) is 13.3 Å². The molecule has 1 aromatic rings. The first-order chi connectivity index (χ1) is 6.88. The van der Waals surface area contributed by atoms with Crippen LogP contribution in [0.5, 0.6) is 0 Å². The minimum absolute atomic E-state index is 1.01. The highest BCUT2D eigenvalue weighted by Gasteiger charge is 2.01. The molecule has 0 unspecified atom stereocenters. The number of aromatic nitrogens is 1. The second kappa shape index (κ2) is 4.05. The highest BCUT2D eigenvalue weighted by molar-refractivity contribution is 5.76. The van der Waals surface area contributed by atoms with Crippen LogP contribution in [0.3, 0.4) is 0 Å². The largest absolute Gasteiger partial charge is 0.261 e. The van der Waals surface area contributed by atoms with Gasteiger partial charge in [-0.3, -0.25) is 4.98 Å². The number of hydrogen-bond acceptors (Lipinski definition) is 1. The summed E-state index contributed by atoms with van der Waals surface area (Å²) < 4.78 is 0. The first-order valence-electron chi connectivity index (χ1n) is 4.83. The number of aryl methyl sites for hydroxylation is 1. The molecule has 0 aliphatic heterocycles. The third-order valence-corrected chi connectivity index (χ3v) is 2.30. The highest BCUT2D eigenvalue weighted by atomic mass is 14.7. The van der Waals surface area contributed by atoms with Gasteiger partial charge < -0.3 is 0 Å². The van der Waals surface area contributed by atoms with Gasteiger partial charge in [0.05, 0.1) is 0 Å². The van der Waals surface area contributed by atoms with Crippen LogP contribution in [0.2, 0.25) is 0 Å². The van der Waals surface area contributed by atoms with Gasteiger partial charge in [-0.2, -0.15) is 0 Å². The lowest BCUT2D eigenvalue weighted by molar-refractivity contribution is 1.18. The predicted molar refractivity (Wildman–Crippen MR) is 59.8 cm³/mol. The van der Waals surface area contributed by atoms with Crippen LogP contribution in [0.1, 0.15) is 17.7 Å². The Balaban J connectivity index is 2.44. The maximum atomic E-state index is 4.29. The summed E-state index contributed by atoms with van der Waals surface area (Å²) in [5, 5.41) is 0. The number of allylic oxidation sites excluding steroid dienone is 6. The van der Waals surface area contributed by atoms with Crippen LogP contribution in [0.15, 0.2) is 48.7 Å². The molecule has 1 nitrogen and oxygen atoms in total.